The maximum Gasteiger partial charge on any atom is 0.0860 e. The van der Waals surface area contributed by atoms with Gasteiger partial charge in [-0.25, -0.2) is 0 Å². The van der Waals surface area contributed by atoms with Gasteiger partial charge in [-0.15, -0.1) is 0 Å². The molecule has 1 heterocycles. The van der Waals surface area contributed by atoms with Crippen molar-refractivity contribution in [2.24, 2.45) is 0 Å². The summed E-state index contributed by atoms with van der Waals surface area (Å²) < 4.78 is 0. The highest BCUT2D eigenvalue weighted by Gasteiger charge is 2.32. The summed E-state index contributed by atoms with van der Waals surface area (Å²) in [5, 5.41) is 0. The average Bonchev–Trinajstić information content (AvgIpc) is 2.59. The molecule has 1 unspecified atom stereocenters. The van der Waals surface area contributed by atoms with Gasteiger partial charge in [0.25, 0.3) is 0 Å². The molecule has 0 saturated carbocycles. The van der Waals surface area contributed by atoms with Crippen LogP contribution in [0.15, 0.2) is 30.8 Å². The van der Waals surface area contributed by atoms with Crippen LogP contribution in [-0.4, -0.2) is 5.60 Å². The Morgan fingerprint density at radius 3 is 2.44 bits per heavy atom. The van der Waals surface area contributed by atoms with Crippen LogP contribution in [0, 0.1) is 0 Å². The molecule has 1 N–H and O–H groups in total. The number of rotatable bonds is 2. The molecule has 2 heteroatoms. The predicted octanol–water partition coefficient (Wildman–Crippen LogP) is 3.46. The Kier molecular flexibility index (Phi) is 2.87. The Labute approximate surface area is 97.3 Å². The average molecular weight is 217 g/mol. The molecule has 0 aromatic heterocycles. The fourth-order valence-electron chi connectivity index (χ4n) is 1.99. The number of hydrogen-bond acceptors (Lipinski definition) is 2. The molecule has 0 radical (unpaired) electrons. The first-order chi connectivity index (χ1) is 7.48. The second-order valence-electron chi connectivity index (χ2n) is 5.14. The van der Waals surface area contributed by atoms with Gasteiger partial charge in [0.2, 0.25) is 0 Å². The number of benzene rings is 1. The predicted molar refractivity (Wildman–Crippen MR) is 66.8 cm³/mol. The van der Waals surface area contributed by atoms with Gasteiger partial charge < -0.3 is 0 Å². The minimum atomic E-state index is -0.0717. The van der Waals surface area contributed by atoms with Gasteiger partial charge in [0, 0.05) is 0 Å². The van der Waals surface area contributed by atoms with Gasteiger partial charge in [-0.2, -0.15) is 5.48 Å². The van der Waals surface area contributed by atoms with Gasteiger partial charge in [0.05, 0.1) is 11.6 Å². The van der Waals surface area contributed by atoms with E-state index in [4.69, 9.17) is 4.84 Å². The molecule has 0 spiro atoms. The topological polar surface area (TPSA) is 21.3 Å². The van der Waals surface area contributed by atoms with Crippen LogP contribution in [0.4, 0.5) is 0 Å². The molecule has 1 saturated heterocycles. The lowest BCUT2D eigenvalue weighted by Crippen LogP contribution is -2.19. The molecule has 1 aromatic carbocycles. The maximum absolute atomic E-state index is 5.52. The number of nitrogens with one attached hydrogen (secondary N) is 1. The van der Waals surface area contributed by atoms with E-state index in [1.807, 2.05) is 6.92 Å². The normalized spacial score (nSPS) is 23.3. The third-order valence-electron chi connectivity index (χ3n) is 2.98. The molecule has 1 aliphatic heterocycles. The highest BCUT2D eigenvalue weighted by molar-refractivity contribution is 5.61. The summed E-state index contributed by atoms with van der Waals surface area (Å²) in [6.45, 7) is 10.2. The van der Waals surface area contributed by atoms with Crippen molar-refractivity contribution in [3.8, 4) is 0 Å². The fraction of sp³-hybridized carbons (Fsp3) is 0.429. The summed E-state index contributed by atoms with van der Waals surface area (Å²) in [5.74, 6) is 0. The lowest BCUT2D eigenvalue weighted by atomic mass is 9.95. The highest BCUT2D eigenvalue weighted by atomic mass is 16.7. The van der Waals surface area contributed by atoms with E-state index in [-0.39, 0.29) is 5.60 Å². The lowest BCUT2D eigenvalue weighted by molar-refractivity contribution is -0.0313. The van der Waals surface area contributed by atoms with Crippen molar-refractivity contribution in [2.45, 2.75) is 38.8 Å². The van der Waals surface area contributed by atoms with E-state index < -0.39 is 0 Å². The van der Waals surface area contributed by atoms with Crippen molar-refractivity contribution >= 4 is 5.57 Å². The van der Waals surface area contributed by atoms with Crippen LogP contribution in [0.5, 0.6) is 0 Å². The van der Waals surface area contributed by atoms with Gasteiger partial charge in [-0.1, -0.05) is 36.4 Å². The zero-order chi connectivity index (χ0) is 11.8. The minimum absolute atomic E-state index is 0.0717. The molecule has 1 aromatic rings. The number of hydroxylamine groups is 1. The molecule has 86 valence electrons. The zero-order valence-electron chi connectivity index (χ0n) is 10.2. The Bertz CT molecular complexity index is 392. The van der Waals surface area contributed by atoms with Crippen molar-refractivity contribution < 1.29 is 4.84 Å². The standard InChI is InChI=1S/C14H19NO/c1-10(2)11-5-7-12(8-6-11)13-9-14(3,4)16-15-13/h5-8,13,15H,1,9H2,2-4H3. The van der Waals surface area contributed by atoms with Crippen molar-refractivity contribution in [1.82, 2.24) is 5.48 Å². The number of allylic oxidation sites excluding steroid dienone is 1. The van der Waals surface area contributed by atoms with Crippen molar-refractivity contribution in [1.29, 1.82) is 0 Å². The summed E-state index contributed by atoms with van der Waals surface area (Å²) in [4.78, 5) is 5.52. The van der Waals surface area contributed by atoms with Gasteiger partial charge in [-0.3, -0.25) is 4.84 Å². The van der Waals surface area contributed by atoms with Crippen LogP contribution in [-0.2, 0) is 4.84 Å². The quantitative estimate of drug-likeness (QED) is 0.819. The molecule has 16 heavy (non-hydrogen) atoms. The monoisotopic (exact) mass is 217 g/mol. The first-order valence-corrected chi connectivity index (χ1v) is 5.67. The SMILES string of the molecule is C=C(C)c1ccc(C2CC(C)(C)ON2)cc1. The van der Waals surface area contributed by atoms with E-state index >= 15 is 0 Å². The second kappa shape index (κ2) is 4.04. The van der Waals surface area contributed by atoms with Crippen LogP contribution < -0.4 is 5.48 Å². The number of hydrogen-bond donors (Lipinski definition) is 1. The zero-order valence-corrected chi connectivity index (χ0v) is 10.2. The first-order valence-electron chi connectivity index (χ1n) is 5.67. The largest absolute Gasteiger partial charge is 0.295 e. The minimum Gasteiger partial charge on any atom is -0.295 e. The third kappa shape index (κ3) is 2.34. The summed E-state index contributed by atoms with van der Waals surface area (Å²) in [6.07, 6.45) is 0.999. The molecule has 0 amide bonds. The van der Waals surface area contributed by atoms with Gasteiger partial charge in [0.1, 0.15) is 0 Å². The molecule has 1 fully saturated rings. The van der Waals surface area contributed by atoms with Gasteiger partial charge in [0.15, 0.2) is 0 Å². The first kappa shape index (κ1) is 11.4. The van der Waals surface area contributed by atoms with Crippen LogP contribution in [0.25, 0.3) is 5.57 Å². The molecule has 2 rings (SSSR count). The molecule has 1 atom stereocenters. The van der Waals surface area contributed by atoms with E-state index in [9.17, 15) is 0 Å². The Hall–Kier alpha value is -1.12. The third-order valence-corrected chi connectivity index (χ3v) is 2.98. The van der Waals surface area contributed by atoms with Crippen LogP contribution in [0.3, 0.4) is 0 Å². The van der Waals surface area contributed by atoms with Crippen molar-refractivity contribution in [2.75, 3.05) is 0 Å². The summed E-state index contributed by atoms with van der Waals surface area (Å²) in [6, 6.07) is 8.82. The fourth-order valence-corrected chi connectivity index (χ4v) is 1.99. The van der Waals surface area contributed by atoms with E-state index in [2.05, 4.69) is 50.2 Å². The molecule has 1 aliphatic rings. The van der Waals surface area contributed by atoms with Crippen LogP contribution in [0.1, 0.15) is 44.4 Å². The molecular weight excluding hydrogens is 198 g/mol. The summed E-state index contributed by atoms with van der Waals surface area (Å²) in [7, 11) is 0. The maximum atomic E-state index is 5.52. The van der Waals surface area contributed by atoms with Gasteiger partial charge in [-0.05, 0) is 38.3 Å². The van der Waals surface area contributed by atoms with E-state index in [0.29, 0.717) is 6.04 Å². The molecule has 2 nitrogen and oxygen atoms in total. The van der Waals surface area contributed by atoms with Crippen molar-refractivity contribution in [3.05, 3.63) is 42.0 Å². The Morgan fingerprint density at radius 2 is 2.00 bits per heavy atom. The van der Waals surface area contributed by atoms with Crippen LogP contribution in [0.2, 0.25) is 0 Å². The summed E-state index contributed by atoms with van der Waals surface area (Å²) >= 11 is 0. The van der Waals surface area contributed by atoms with E-state index in [1.54, 1.807) is 0 Å². The lowest BCUT2D eigenvalue weighted by Gasteiger charge is -2.13. The second-order valence-corrected chi connectivity index (χ2v) is 5.14. The van der Waals surface area contributed by atoms with Crippen LogP contribution >= 0.6 is 0 Å². The highest BCUT2D eigenvalue weighted by Crippen LogP contribution is 2.32. The molecule has 0 bridgehead atoms. The van der Waals surface area contributed by atoms with E-state index in [0.717, 1.165) is 12.0 Å². The summed E-state index contributed by atoms with van der Waals surface area (Å²) in [5.41, 5.74) is 6.59. The Morgan fingerprint density at radius 1 is 1.38 bits per heavy atom. The van der Waals surface area contributed by atoms with Gasteiger partial charge >= 0.3 is 0 Å². The molecule has 0 aliphatic carbocycles. The van der Waals surface area contributed by atoms with Crippen molar-refractivity contribution in [3.63, 3.8) is 0 Å². The molecular formula is C14H19NO. The van der Waals surface area contributed by atoms with E-state index in [1.165, 1.54) is 11.1 Å². The smallest absolute Gasteiger partial charge is 0.0860 e. The Balaban J connectivity index is 2.14.